The minimum Gasteiger partial charge on any atom is -0.380 e. The summed E-state index contributed by atoms with van der Waals surface area (Å²) in [6.45, 7) is 7.06. The van der Waals surface area contributed by atoms with Crippen LogP contribution in [0.5, 0.6) is 0 Å². The fraction of sp³-hybridized carbons (Fsp3) is 0.846. The lowest BCUT2D eigenvalue weighted by Gasteiger charge is -2.36. The van der Waals surface area contributed by atoms with Gasteiger partial charge in [0.05, 0.1) is 19.3 Å². The molecule has 2 heterocycles. The van der Waals surface area contributed by atoms with E-state index in [1.165, 1.54) is 18.5 Å². The molecule has 2 aliphatic rings. The first kappa shape index (κ1) is 12.9. The second-order valence-electron chi connectivity index (χ2n) is 5.51. The molecule has 2 saturated heterocycles. The van der Waals surface area contributed by atoms with Crippen molar-refractivity contribution in [1.82, 2.24) is 15.1 Å². The van der Waals surface area contributed by atoms with E-state index < -0.39 is 0 Å². The van der Waals surface area contributed by atoms with E-state index in [1.807, 2.05) is 0 Å². The summed E-state index contributed by atoms with van der Waals surface area (Å²) in [6.07, 6.45) is 2.45. The molecule has 1 N–H and O–H groups in total. The van der Waals surface area contributed by atoms with Crippen LogP contribution in [0.4, 0.5) is 0 Å². The zero-order valence-corrected chi connectivity index (χ0v) is 11.3. The summed E-state index contributed by atoms with van der Waals surface area (Å²) < 4.78 is 5.23. The lowest BCUT2D eigenvalue weighted by molar-refractivity contribution is -0.0577. The third kappa shape index (κ3) is 3.00. The van der Waals surface area contributed by atoms with Gasteiger partial charge in [0.2, 0.25) is 0 Å². The maximum Gasteiger partial charge on any atom is 0.0645 e. The van der Waals surface area contributed by atoms with E-state index in [4.69, 9.17) is 4.74 Å². The summed E-state index contributed by atoms with van der Waals surface area (Å²) in [6, 6.07) is 1.69. The number of nitrogens with one attached hydrogen (secondary N) is 1. The predicted molar refractivity (Wildman–Crippen MR) is 70.0 cm³/mol. The first-order valence-corrected chi connectivity index (χ1v) is 6.48. The van der Waals surface area contributed by atoms with Gasteiger partial charge in [-0.05, 0) is 19.9 Å². The van der Waals surface area contributed by atoms with Crippen molar-refractivity contribution >= 4 is 0 Å². The van der Waals surface area contributed by atoms with Crippen molar-refractivity contribution in [2.45, 2.75) is 31.0 Å². The van der Waals surface area contributed by atoms with Crippen LogP contribution in [0.2, 0.25) is 0 Å². The highest BCUT2D eigenvalue weighted by molar-refractivity contribution is 5.07. The van der Waals surface area contributed by atoms with Gasteiger partial charge in [0.1, 0.15) is 0 Å². The molecular formula is C13H25N3O. The molecule has 0 spiro atoms. The molecule has 0 amide bonds. The quantitative estimate of drug-likeness (QED) is 0.757. The van der Waals surface area contributed by atoms with Gasteiger partial charge in [-0.1, -0.05) is 6.58 Å². The third-order valence-electron chi connectivity index (χ3n) is 3.97. The molecule has 0 aromatic carbocycles. The Balaban J connectivity index is 1.75. The number of hydrogen-bond donors (Lipinski definition) is 1. The summed E-state index contributed by atoms with van der Waals surface area (Å²) in [5, 5.41) is 3.68. The zero-order chi connectivity index (χ0) is 12.4. The maximum atomic E-state index is 5.23. The fourth-order valence-electron chi connectivity index (χ4n) is 2.51. The highest BCUT2D eigenvalue weighted by Crippen LogP contribution is 2.20. The van der Waals surface area contributed by atoms with Gasteiger partial charge in [-0.2, -0.15) is 0 Å². The summed E-state index contributed by atoms with van der Waals surface area (Å²) >= 11 is 0. The molecule has 2 fully saturated rings. The Kier molecular flexibility index (Phi) is 4.07. The van der Waals surface area contributed by atoms with E-state index in [1.54, 1.807) is 0 Å². The second-order valence-corrected chi connectivity index (χ2v) is 5.51. The lowest BCUT2D eigenvalue weighted by Crippen LogP contribution is -2.51. The van der Waals surface area contributed by atoms with E-state index in [2.05, 4.69) is 42.8 Å². The van der Waals surface area contributed by atoms with E-state index in [9.17, 15) is 0 Å². The van der Waals surface area contributed by atoms with Crippen LogP contribution in [-0.2, 0) is 4.74 Å². The highest BCUT2D eigenvalue weighted by atomic mass is 16.5. The summed E-state index contributed by atoms with van der Waals surface area (Å²) in [5.41, 5.74) is 1.20. The Morgan fingerprint density at radius 2 is 2.00 bits per heavy atom. The van der Waals surface area contributed by atoms with Crippen molar-refractivity contribution in [3.8, 4) is 0 Å². The predicted octanol–water partition coefficient (Wildman–Crippen LogP) is 0.513. The molecule has 2 atom stereocenters. The van der Waals surface area contributed by atoms with Crippen LogP contribution in [0, 0.1) is 0 Å². The molecule has 17 heavy (non-hydrogen) atoms. The molecule has 0 bridgehead atoms. The average molecular weight is 239 g/mol. The number of hydrogen-bond acceptors (Lipinski definition) is 4. The van der Waals surface area contributed by atoms with Gasteiger partial charge in [-0.15, -0.1) is 0 Å². The standard InChI is InChI=1S/C13H25N3O/c1-10(15(2)3)13-6-5-11(14-13)7-16(4)12-8-17-9-12/h11-14H,1,5-9H2,2-4H3. The van der Waals surface area contributed by atoms with Crippen LogP contribution >= 0.6 is 0 Å². The van der Waals surface area contributed by atoms with Crippen molar-refractivity contribution < 1.29 is 4.74 Å². The Morgan fingerprint density at radius 1 is 1.29 bits per heavy atom. The Morgan fingerprint density at radius 3 is 2.53 bits per heavy atom. The Bertz CT molecular complexity index is 276. The van der Waals surface area contributed by atoms with Gasteiger partial charge in [-0.3, -0.25) is 4.90 Å². The lowest BCUT2D eigenvalue weighted by atomic mass is 10.1. The molecular weight excluding hydrogens is 214 g/mol. The van der Waals surface area contributed by atoms with Gasteiger partial charge in [0, 0.05) is 38.4 Å². The summed E-state index contributed by atoms with van der Waals surface area (Å²) in [5.74, 6) is 0. The topological polar surface area (TPSA) is 27.7 Å². The van der Waals surface area contributed by atoms with E-state index in [0.29, 0.717) is 18.1 Å². The highest BCUT2D eigenvalue weighted by Gasteiger charge is 2.30. The molecule has 0 aromatic rings. The zero-order valence-electron chi connectivity index (χ0n) is 11.3. The molecule has 2 rings (SSSR count). The van der Waals surface area contributed by atoms with Crippen molar-refractivity contribution in [2.75, 3.05) is 40.9 Å². The van der Waals surface area contributed by atoms with Gasteiger partial charge in [0.15, 0.2) is 0 Å². The van der Waals surface area contributed by atoms with Crippen LogP contribution in [0.25, 0.3) is 0 Å². The molecule has 98 valence electrons. The molecule has 4 nitrogen and oxygen atoms in total. The van der Waals surface area contributed by atoms with Crippen LogP contribution in [0.1, 0.15) is 12.8 Å². The monoisotopic (exact) mass is 239 g/mol. The van der Waals surface area contributed by atoms with E-state index in [0.717, 1.165) is 19.8 Å². The Hall–Kier alpha value is -0.580. The van der Waals surface area contributed by atoms with Crippen molar-refractivity contribution in [2.24, 2.45) is 0 Å². The second kappa shape index (κ2) is 5.38. The van der Waals surface area contributed by atoms with E-state index >= 15 is 0 Å². The minimum absolute atomic E-state index is 0.459. The maximum absolute atomic E-state index is 5.23. The SMILES string of the molecule is C=C(C1CCC(CN(C)C2COC2)N1)N(C)C. The van der Waals surface area contributed by atoms with Crippen molar-refractivity contribution in [3.05, 3.63) is 12.3 Å². The van der Waals surface area contributed by atoms with Crippen LogP contribution in [-0.4, -0.2) is 68.8 Å². The molecule has 2 aliphatic heterocycles. The van der Waals surface area contributed by atoms with Crippen LogP contribution in [0.3, 0.4) is 0 Å². The number of ether oxygens (including phenoxy) is 1. The fourth-order valence-corrected chi connectivity index (χ4v) is 2.51. The summed E-state index contributed by atoms with van der Waals surface area (Å²) in [4.78, 5) is 4.53. The summed E-state index contributed by atoms with van der Waals surface area (Å²) in [7, 11) is 6.33. The number of likely N-dealkylation sites (N-methyl/N-ethyl adjacent to an activating group) is 2. The van der Waals surface area contributed by atoms with Crippen molar-refractivity contribution in [1.29, 1.82) is 0 Å². The van der Waals surface area contributed by atoms with E-state index in [-0.39, 0.29) is 0 Å². The molecule has 4 heteroatoms. The van der Waals surface area contributed by atoms with Crippen LogP contribution < -0.4 is 5.32 Å². The number of rotatable bonds is 5. The molecule has 2 unspecified atom stereocenters. The molecule has 0 radical (unpaired) electrons. The first-order chi connectivity index (χ1) is 8.08. The van der Waals surface area contributed by atoms with Gasteiger partial charge in [0.25, 0.3) is 0 Å². The number of nitrogens with zero attached hydrogens (tertiary/aromatic N) is 2. The van der Waals surface area contributed by atoms with Crippen LogP contribution in [0.15, 0.2) is 12.3 Å². The Labute approximate surface area is 105 Å². The molecule has 0 saturated carbocycles. The molecule has 0 aliphatic carbocycles. The van der Waals surface area contributed by atoms with Gasteiger partial charge >= 0.3 is 0 Å². The molecule has 0 aromatic heterocycles. The minimum atomic E-state index is 0.459. The first-order valence-electron chi connectivity index (χ1n) is 6.48. The normalized spacial score (nSPS) is 29.4. The van der Waals surface area contributed by atoms with Gasteiger partial charge in [-0.25, -0.2) is 0 Å². The van der Waals surface area contributed by atoms with Crippen molar-refractivity contribution in [3.63, 3.8) is 0 Å². The smallest absolute Gasteiger partial charge is 0.0645 e. The third-order valence-corrected chi connectivity index (χ3v) is 3.97. The largest absolute Gasteiger partial charge is 0.380 e. The average Bonchev–Trinajstić information content (AvgIpc) is 2.61. The van der Waals surface area contributed by atoms with Gasteiger partial charge < -0.3 is 15.0 Å².